The minimum absolute atomic E-state index is 0.836. The van der Waals surface area contributed by atoms with Gasteiger partial charge in [-0.3, -0.25) is 0 Å². The molecule has 0 aliphatic heterocycles. The minimum Gasteiger partial charge on any atom is -0.324 e. The summed E-state index contributed by atoms with van der Waals surface area (Å²) in [6, 6.07) is 20.2. The van der Waals surface area contributed by atoms with E-state index in [1.807, 2.05) is 61.7 Å². The van der Waals surface area contributed by atoms with Crippen LogP contribution < -0.4 is 4.90 Å². The van der Waals surface area contributed by atoms with Crippen LogP contribution in [0.4, 0.5) is 11.4 Å². The molecule has 0 N–H and O–H groups in total. The van der Waals surface area contributed by atoms with E-state index in [1.54, 1.807) is 11.8 Å². The zero-order chi connectivity index (χ0) is 14.2. The fraction of sp³-hybridized carbons (Fsp3) is 0.118. The summed E-state index contributed by atoms with van der Waals surface area (Å²) in [5.41, 5.74) is 2.08. The normalized spacial score (nSPS) is 11.2. The summed E-state index contributed by atoms with van der Waals surface area (Å²) in [5.74, 6) is 0.836. The lowest BCUT2D eigenvalue weighted by atomic mass is 10.3. The molecule has 0 saturated carbocycles. The van der Waals surface area contributed by atoms with Gasteiger partial charge in [0.1, 0.15) is 0 Å². The van der Waals surface area contributed by atoms with Crippen LogP contribution in [0.3, 0.4) is 0 Å². The van der Waals surface area contributed by atoms with Crippen molar-refractivity contribution < 1.29 is 0 Å². The standard InChI is InChI=1S/C17H18N2S/c1-3-14-20-17(18-15-10-6-4-7-11-15)19(2)16-12-8-5-9-13-16/h3-13H,1,14H2,2H3. The maximum atomic E-state index is 4.73. The van der Waals surface area contributed by atoms with Crippen molar-refractivity contribution in [2.24, 2.45) is 4.99 Å². The van der Waals surface area contributed by atoms with Crippen LogP contribution >= 0.6 is 11.8 Å². The Morgan fingerprint density at radius 2 is 1.70 bits per heavy atom. The highest BCUT2D eigenvalue weighted by Crippen LogP contribution is 2.21. The Labute approximate surface area is 124 Å². The van der Waals surface area contributed by atoms with Gasteiger partial charge in [0, 0.05) is 18.5 Å². The first-order chi connectivity index (χ1) is 9.81. The first-order valence-corrected chi connectivity index (χ1v) is 7.46. The van der Waals surface area contributed by atoms with Crippen molar-refractivity contribution >= 4 is 28.3 Å². The SMILES string of the molecule is C=CCSC(=Nc1ccccc1)N(C)c1ccccc1. The summed E-state index contributed by atoms with van der Waals surface area (Å²) < 4.78 is 0. The highest BCUT2D eigenvalue weighted by atomic mass is 32.2. The minimum atomic E-state index is 0.836. The second-order valence-corrected chi connectivity index (χ2v) is 5.21. The Balaban J connectivity index is 2.27. The molecule has 0 amide bonds. The van der Waals surface area contributed by atoms with Crippen molar-refractivity contribution in [2.45, 2.75) is 0 Å². The number of anilines is 1. The van der Waals surface area contributed by atoms with E-state index in [0.29, 0.717) is 0 Å². The maximum absolute atomic E-state index is 4.73. The smallest absolute Gasteiger partial charge is 0.168 e. The molecule has 0 saturated heterocycles. The first-order valence-electron chi connectivity index (χ1n) is 6.47. The number of aliphatic imine (C=N–C) groups is 1. The fourth-order valence-corrected chi connectivity index (χ4v) is 2.45. The number of nitrogens with zero attached hydrogens (tertiary/aromatic N) is 2. The number of thioether (sulfide) groups is 1. The molecule has 2 aromatic rings. The van der Waals surface area contributed by atoms with Crippen LogP contribution in [0, 0.1) is 0 Å². The van der Waals surface area contributed by atoms with Gasteiger partial charge < -0.3 is 4.90 Å². The molecular weight excluding hydrogens is 264 g/mol. The topological polar surface area (TPSA) is 15.6 Å². The molecule has 0 spiro atoms. The van der Waals surface area contributed by atoms with Gasteiger partial charge in [-0.05, 0) is 24.3 Å². The number of para-hydroxylation sites is 2. The summed E-state index contributed by atoms with van der Waals surface area (Å²) in [6.07, 6.45) is 1.89. The van der Waals surface area contributed by atoms with Gasteiger partial charge in [-0.2, -0.15) is 0 Å². The molecule has 0 heterocycles. The maximum Gasteiger partial charge on any atom is 0.168 e. The Morgan fingerprint density at radius 1 is 1.10 bits per heavy atom. The Hall–Kier alpha value is -2.00. The van der Waals surface area contributed by atoms with Gasteiger partial charge in [0.15, 0.2) is 5.17 Å². The number of hydrogen-bond acceptors (Lipinski definition) is 2. The monoisotopic (exact) mass is 282 g/mol. The van der Waals surface area contributed by atoms with Crippen LogP contribution in [0.25, 0.3) is 0 Å². The van der Waals surface area contributed by atoms with Gasteiger partial charge in [0.2, 0.25) is 0 Å². The van der Waals surface area contributed by atoms with Crippen molar-refractivity contribution in [1.29, 1.82) is 0 Å². The van der Waals surface area contributed by atoms with Gasteiger partial charge in [0.25, 0.3) is 0 Å². The molecule has 3 heteroatoms. The summed E-state index contributed by atoms with van der Waals surface area (Å²) in [4.78, 5) is 6.83. The van der Waals surface area contributed by atoms with E-state index < -0.39 is 0 Å². The van der Waals surface area contributed by atoms with Crippen molar-refractivity contribution in [3.8, 4) is 0 Å². The quantitative estimate of drug-likeness (QED) is 0.458. The molecule has 0 atom stereocenters. The zero-order valence-corrected chi connectivity index (χ0v) is 12.4. The van der Waals surface area contributed by atoms with Crippen LogP contribution in [-0.2, 0) is 0 Å². The van der Waals surface area contributed by atoms with Crippen LogP contribution in [0.2, 0.25) is 0 Å². The van der Waals surface area contributed by atoms with Crippen molar-refractivity contribution in [3.05, 3.63) is 73.3 Å². The number of rotatable bonds is 4. The molecule has 0 aliphatic rings. The van der Waals surface area contributed by atoms with Gasteiger partial charge in [0.05, 0.1) is 5.69 Å². The molecule has 2 rings (SSSR count). The van der Waals surface area contributed by atoms with Gasteiger partial charge in [-0.1, -0.05) is 54.2 Å². The molecule has 0 bridgehead atoms. The van der Waals surface area contributed by atoms with Crippen LogP contribution in [-0.4, -0.2) is 18.0 Å². The Morgan fingerprint density at radius 3 is 2.30 bits per heavy atom. The lowest BCUT2D eigenvalue weighted by molar-refractivity contribution is 1.27. The highest BCUT2D eigenvalue weighted by molar-refractivity contribution is 8.14. The molecule has 0 unspecified atom stereocenters. The Kier molecular flexibility index (Phi) is 5.44. The number of amidine groups is 1. The molecule has 2 nitrogen and oxygen atoms in total. The van der Waals surface area contributed by atoms with Gasteiger partial charge in [-0.25, -0.2) is 4.99 Å². The van der Waals surface area contributed by atoms with E-state index in [0.717, 1.165) is 22.3 Å². The Bertz CT molecular complexity index is 564. The molecule has 0 radical (unpaired) electrons. The van der Waals surface area contributed by atoms with Crippen molar-refractivity contribution in [3.63, 3.8) is 0 Å². The average Bonchev–Trinajstić information content (AvgIpc) is 2.52. The van der Waals surface area contributed by atoms with Crippen LogP contribution in [0.15, 0.2) is 78.3 Å². The van der Waals surface area contributed by atoms with E-state index >= 15 is 0 Å². The van der Waals surface area contributed by atoms with Crippen LogP contribution in [0.5, 0.6) is 0 Å². The van der Waals surface area contributed by atoms with E-state index in [-0.39, 0.29) is 0 Å². The fourth-order valence-electron chi connectivity index (χ4n) is 1.71. The highest BCUT2D eigenvalue weighted by Gasteiger charge is 2.09. The predicted octanol–water partition coefficient (Wildman–Crippen LogP) is 4.73. The summed E-state index contributed by atoms with van der Waals surface area (Å²) in [7, 11) is 2.03. The van der Waals surface area contributed by atoms with Gasteiger partial charge >= 0.3 is 0 Å². The zero-order valence-electron chi connectivity index (χ0n) is 11.6. The summed E-state index contributed by atoms with van der Waals surface area (Å²) in [5, 5.41) is 0.960. The number of benzene rings is 2. The summed E-state index contributed by atoms with van der Waals surface area (Å²) in [6.45, 7) is 3.78. The van der Waals surface area contributed by atoms with Gasteiger partial charge in [-0.15, -0.1) is 6.58 Å². The average molecular weight is 282 g/mol. The van der Waals surface area contributed by atoms with Crippen molar-refractivity contribution in [2.75, 3.05) is 17.7 Å². The van der Waals surface area contributed by atoms with E-state index in [9.17, 15) is 0 Å². The predicted molar refractivity (Wildman–Crippen MR) is 91.0 cm³/mol. The second-order valence-electron chi connectivity index (χ2n) is 4.22. The third-order valence-corrected chi connectivity index (χ3v) is 3.77. The third-order valence-electron chi connectivity index (χ3n) is 2.74. The van der Waals surface area contributed by atoms with E-state index in [1.165, 1.54) is 0 Å². The van der Waals surface area contributed by atoms with Crippen molar-refractivity contribution in [1.82, 2.24) is 0 Å². The second kappa shape index (κ2) is 7.56. The molecule has 0 aromatic heterocycles. The lowest BCUT2D eigenvalue weighted by Gasteiger charge is -2.20. The van der Waals surface area contributed by atoms with E-state index in [2.05, 4.69) is 23.6 Å². The molecule has 102 valence electrons. The molecule has 0 fully saturated rings. The van der Waals surface area contributed by atoms with Crippen LogP contribution in [0.1, 0.15) is 0 Å². The number of hydrogen-bond donors (Lipinski definition) is 0. The van der Waals surface area contributed by atoms with E-state index in [4.69, 9.17) is 4.99 Å². The molecule has 2 aromatic carbocycles. The molecule has 0 aliphatic carbocycles. The first kappa shape index (κ1) is 14.4. The largest absolute Gasteiger partial charge is 0.324 e. The lowest BCUT2D eigenvalue weighted by Crippen LogP contribution is -2.23. The summed E-state index contributed by atoms with van der Waals surface area (Å²) >= 11 is 1.68. The molecule has 20 heavy (non-hydrogen) atoms. The molecular formula is C17H18N2S. The third kappa shape index (κ3) is 4.00.